The fourth-order valence-corrected chi connectivity index (χ4v) is 1.47. The Balaban J connectivity index is 2.41. The summed E-state index contributed by atoms with van der Waals surface area (Å²) in [6.07, 6.45) is 0.796. The monoisotopic (exact) mass is 160 g/mol. The summed E-state index contributed by atoms with van der Waals surface area (Å²) in [5, 5.41) is 26.1. The van der Waals surface area contributed by atoms with Crippen molar-refractivity contribution in [3.05, 3.63) is 0 Å². The number of aliphatic hydroxyl groups is 2. The quantitative estimate of drug-likeness (QED) is 0.517. The van der Waals surface area contributed by atoms with Crippen molar-refractivity contribution in [2.24, 2.45) is 11.3 Å². The lowest BCUT2D eigenvalue weighted by atomic mass is 9.63. The second-order valence-electron chi connectivity index (χ2n) is 3.26. The molecule has 0 bridgehead atoms. The number of aliphatic hydroxyl groups excluding tert-OH is 2. The number of rotatable bonds is 3. The zero-order chi connectivity index (χ0) is 8.48. The molecule has 4 nitrogen and oxygen atoms in total. The molecule has 0 atom stereocenters. The van der Waals surface area contributed by atoms with Crippen LogP contribution in [0.15, 0.2) is 0 Å². The molecule has 0 heterocycles. The molecule has 0 aliphatic heterocycles. The van der Waals surface area contributed by atoms with Crippen LogP contribution < -0.4 is 0 Å². The SMILES string of the molecule is O=C(O)C1CC(CO)(CO)C1. The largest absolute Gasteiger partial charge is 0.481 e. The summed E-state index contributed by atoms with van der Waals surface area (Å²) < 4.78 is 0. The number of aliphatic carboxylic acids is 1. The molecule has 1 fully saturated rings. The minimum absolute atomic E-state index is 0.118. The zero-order valence-corrected chi connectivity index (χ0v) is 6.16. The fourth-order valence-electron chi connectivity index (χ4n) is 1.47. The van der Waals surface area contributed by atoms with Crippen LogP contribution in [0.25, 0.3) is 0 Å². The Bertz CT molecular complexity index is 154. The maximum absolute atomic E-state index is 10.3. The van der Waals surface area contributed by atoms with Crippen LogP contribution in [0, 0.1) is 11.3 Å². The molecule has 0 amide bonds. The van der Waals surface area contributed by atoms with Gasteiger partial charge in [0, 0.05) is 5.41 Å². The van der Waals surface area contributed by atoms with Crippen LogP contribution in [-0.2, 0) is 4.79 Å². The lowest BCUT2D eigenvalue weighted by molar-refractivity contribution is -0.154. The minimum Gasteiger partial charge on any atom is -0.481 e. The van der Waals surface area contributed by atoms with Crippen molar-refractivity contribution in [3.8, 4) is 0 Å². The molecule has 3 N–H and O–H groups in total. The van der Waals surface area contributed by atoms with Crippen molar-refractivity contribution in [2.75, 3.05) is 13.2 Å². The van der Waals surface area contributed by atoms with Crippen LogP contribution in [0.3, 0.4) is 0 Å². The molecule has 0 radical (unpaired) electrons. The third-order valence-electron chi connectivity index (χ3n) is 2.38. The summed E-state index contributed by atoms with van der Waals surface area (Å²) >= 11 is 0. The van der Waals surface area contributed by atoms with Crippen LogP contribution >= 0.6 is 0 Å². The lowest BCUT2D eigenvalue weighted by Crippen LogP contribution is -2.46. The first kappa shape index (κ1) is 8.49. The van der Waals surface area contributed by atoms with Gasteiger partial charge in [-0.25, -0.2) is 0 Å². The Kier molecular flexibility index (Phi) is 2.15. The molecule has 0 aromatic carbocycles. The van der Waals surface area contributed by atoms with Gasteiger partial charge in [-0.2, -0.15) is 0 Å². The summed E-state index contributed by atoms with van der Waals surface area (Å²) in [5.41, 5.74) is -0.511. The summed E-state index contributed by atoms with van der Waals surface area (Å²) in [7, 11) is 0. The van der Waals surface area contributed by atoms with Crippen LogP contribution in [0.2, 0.25) is 0 Å². The van der Waals surface area contributed by atoms with Gasteiger partial charge in [-0.15, -0.1) is 0 Å². The molecule has 1 rings (SSSR count). The molecule has 0 unspecified atom stereocenters. The second-order valence-corrected chi connectivity index (χ2v) is 3.26. The van der Waals surface area contributed by atoms with E-state index in [4.69, 9.17) is 15.3 Å². The van der Waals surface area contributed by atoms with Gasteiger partial charge in [0.05, 0.1) is 19.1 Å². The number of carboxylic acid groups (broad SMARTS) is 1. The Labute approximate surface area is 64.5 Å². The second kappa shape index (κ2) is 2.79. The van der Waals surface area contributed by atoms with Crippen LogP contribution in [-0.4, -0.2) is 34.5 Å². The Morgan fingerprint density at radius 1 is 1.36 bits per heavy atom. The first-order valence-electron chi connectivity index (χ1n) is 3.58. The van der Waals surface area contributed by atoms with Gasteiger partial charge in [-0.1, -0.05) is 0 Å². The molecule has 64 valence electrons. The normalized spacial score (nSPS) is 22.7. The predicted molar refractivity (Wildman–Crippen MR) is 37.0 cm³/mol. The van der Waals surface area contributed by atoms with Gasteiger partial charge < -0.3 is 15.3 Å². The predicted octanol–water partition coefficient (Wildman–Crippen LogP) is -0.548. The van der Waals surface area contributed by atoms with Gasteiger partial charge in [0.25, 0.3) is 0 Å². The van der Waals surface area contributed by atoms with Gasteiger partial charge in [0.15, 0.2) is 0 Å². The molecule has 0 saturated heterocycles. The standard InChI is InChI=1S/C7H12O4/c8-3-7(4-9)1-5(2-7)6(10)11/h5,8-9H,1-4H2,(H,10,11). The molecular formula is C7H12O4. The maximum atomic E-state index is 10.3. The fraction of sp³-hybridized carbons (Fsp3) is 0.857. The summed E-state index contributed by atoms with van der Waals surface area (Å²) in [6, 6.07) is 0. The third kappa shape index (κ3) is 1.36. The molecule has 1 aliphatic rings. The number of carbonyl (C=O) groups is 1. The van der Waals surface area contributed by atoms with E-state index in [1.807, 2.05) is 0 Å². The van der Waals surface area contributed by atoms with Crippen LogP contribution in [0.5, 0.6) is 0 Å². The van der Waals surface area contributed by atoms with Crippen LogP contribution in [0.4, 0.5) is 0 Å². The van der Waals surface area contributed by atoms with E-state index >= 15 is 0 Å². The Hall–Kier alpha value is -0.610. The maximum Gasteiger partial charge on any atom is 0.306 e. The van der Waals surface area contributed by atoms with Crippen molar-refractivity contribution in [3.63, 3.8) is 0 Å². The topological polar surface area (TPSA) is 77.8 Å². The molecule has 0 spiro atoms. The van der Waals surface area contributed by atoms with E-state index in [-0.39, 0.29) is 19.1 Å². The summed E-state index contributed by atoms with van der Waals surface area (Å²) in [4.78, 5) is 10.3. The van der Waals surface area contributed by atoms with Crippen molar-refractivity contribution in [2.45, 2.75) is 12.8 Å². The van der Waals surface area contributed by atoms with Crippen molar-refractivity contribution in [1.82, 2.24) is 0 Å². The summed E-state index contributed by atoms with van der Waals surface area (Å²) in [6.45, 7) is -0.236. The van der Waals surface area contributed by atoms with Gasteiger partial charge in [-0.3, -0.25) is 4.79 Å². The lowest BCUT2D eigenvalue weighted by Gasteiger charge is -2.43. The van der Waals surface area contributed by atoms with Gasteiger partial charge >= 0.3 is 5.97 Å². The van der Waals surface area contributed by atoms with E-state index < -0.39 is 11.4 Å². The van der Waals surface area contributed by atoms with Crippen molar-refractivity contribution in [1.29, 1.82) is 0 Å². The highest BCUT2D eigenvalue weighted by Crippen LogP contribution is 2.44. The highest BCUT2D eigenvalue weighted by Gasteiger charge is 2.46. The molecule has 0 aromatic heterocycles. The molecule has 4 heteroatoms. The van der Waals surface area contributed by atoms with Crippen molar-refractivity contribution < 1.29 is 20.1 Å². The third-order valence-corrected chi connectivity index (χ3v) is 2.38. The number of hydrogen-bond donors (Lipinski definition) is 3. The number of carboxylic acids is 1. The van der Waals surface area contributed by atoms with E-state index in [0.717, 1.165) is 0 Å². The van der Waals surface area contributed by atoms with E-state index in [9.17, 15) is 4.79 Å². The molecule has 1 aliphatic carbocycles. The Morgan fingerprint density at radius 3 is 2.09 bits per heavy atom. The van der Waals surface area contributed by atoms with Crippen molar-refractivity contribution >= 4 is 5.97 Å². The van der Waals surface area contributed by atoms with E-state index in [1.165, 1.54) is 0 Å². The highest BCUT2D eigenvalue weighted by atomic mass is 16.4. The van der Waals surface area contributed by atoms with Gasteiger partial charge in [0.1, 0.15) is 0 Å². The first-order chi connectivity index (χ1) is 5.13. The highest BCUT2D eigenvalue weighted by molar-refractivity contribution is 5.71. The zero-order valence-electron chi connectivity index (χ0n) is 6.16. The average Bonchev–Trinajstić information content (AvgIpc) is 1.87. The molecule has 1 saturated carbocycles. The van der Waals surface area contributed by atoms with Gasteiger partial charge in [-0.05, 0) is 12.8 Å². The first-order valence-corrected chi connectivity index (χ1v) is 3.58. The minimum atomic E-state index is -0.831. The van der Waals surface area contributed by atoms with E-state index in [1.54, 1.807) is 0 Å². The van der Waals surface area contributed by atoms with E-state index in [2.05, 4.69) is 0 Å². The molecule has 0 aromatic rings. The molecule has 11 heavy (non-hydrogen) atoms. The van der Waals surface area contributed by atoms with E-state index in [0.29, 0.717) is 12.8 Å². The summed E-state index contributed by atoms with van der Waals surface area (Å²) in [5.74, 6) is -1.20. The smallest absolute Gasteiger partial charge is 0.306 e. The van der Waals surface area contributed by atoms with Gasteiger partial charge in [0.2, 0.25) is 0 Å². The molecular weight excluding hydrogens is 148 g/mol. The van der Waals surface area contributed by atoms with Crippen LogP contribution in [0.1, 0.15) is 12.8 Å². The average molecular weight is 160 g/mol. The number of hydrogen-bond acceptors (Lipinski definition) is 3. The Morgan fingerprint density at radius 2 is 1.82 bits per heavy atom.